The van der Waals surface area contributed by atoms with Crippen LogP contribution in [0.4, 0.5) is 0 Å². The number of hydrogen-bond acceptors (Lipinski definition) is 2. The minimum absolute atomic E-state index is 0.00358. The molecule has 1 aliphatic carbocycles. The van der Waals surface area contributed by atoms with Gasteiger partial charge in [0.1, 0.15) is 0 Å². The first-order chi connectivity index (χ1) is 19.2. The van der Waals surface area contributed by atoms with Gasteiger partial charge in [0.25, 0.3) is 0 Å². The average molecular weight is 514 g/mol. The van der Waals surface area contributed by atoms with Gasteiger partial charge in [-0.05, 0) is 59.8 Å². The Morgan fingerprint density at radius 1 is 0.513 bits per heavy atom. The highest BCUT2D eigenvalue weighted by Crippen LogP contribution is 2.56. The molecule has 0 atom stereocenters. The number of hydrogen-bond donors (Lipinski definition) is 0. The standard InChI is InChI=1S/C37H39NO/c1-5-13-31(14-6-1)25-36(26-32-15-7-2-8-16-32)29-35(38-21-23-39-24-22-38)37(30-36,27-33-17-9-3-10-18-33)28-34-19-11-4-12-20-34/h1-20,29H,21-28,30H2. The van der Waals surface area contributed by atoms with Crippen LogP contribution < -0.4 is 0 Å². The predicted molar refractivity (Wildman–Crippen MR) is 161 cm³/mol. The lowest BCUT2D eigenvalue weighted by atomic mass is 9.67. The molecule has 6 rings (SSSR count). The van der Waals surface area contributed by atoms with E-state index in [-0.39, 0.29) is 10.8 Å². The Morgan fingerprint density at radius 3 is 1.31 bits per heavy atom. The molecule has 4 aromatic rings. The molecule has 1 fully saturated rings. The van der Waals surface area contributed by atoms with Gasteiger partial charge in [0.15, 0.2) is 0 Å². The van der Waals surface area contributed by atoms with Crippen LogP contribution >= 0.6 is 0 Å². The van der Waals surface area contributed by atoms with Gasteiger partial charge in [0, 0.05) is 24.2 Å². The molecule has 0 bridgehead atoms. The summed E-state index contributed by atoms with van der Waals surface area (Å²) >= 11 is 0. The second-order valence-electron chi connectivity index (χ2n) is 11.6. The number of morpholine rings is 1. The molecule has 0 N–H and O–H groups in total. The molecule has 1 heterocycles. The van der Waals surface area contributed by atoms with E-state index in [0.29, 0.717) is 0 Å². The molecular formula is C37H39NO. The van der Waals surface area contributed by atoms with Crippen LogP contribution in [0.2, 0.25) is 0 Å². The van der Waals surface area contributed by atoms with Crippen molar-refractivity contribution < 1.29 is 4.74 Å². The molecule has 0 spiro atoms. The zero-order chi connectivity index (χ0) is 26.4. The quantitative estimate of drug-likeness (QED) is 0.229. The molecule has 2 heteroatoms. The molecule has 2 aliphatic rings. The first-order valence-electron chi connectivity index (χ1n) is 14.4. The van der Waals surface area contributed by atoms with Crippen molar-refractivity contribution in [2.24, 2.45) is 10.8 Å². The highest BCUT2D eigenvalue weighted by Gasteiger charge is 2.50. The van der Waals surface area contributed by atoms with Crippen molar-refractivity contribution >= 4 is 0 Å². The fourth-order valence-corrected chi connectivity index (χ4v) is 7.13. The molecule has 2 nitrogen and oxygen atoms in total. The van der Waals surface area contributed by atoms with Crippen molar-refractivity contribution in [1.29, 1.82) is 0 Å². The lowest BCUT2D eigenvalue weighted by molar-refractivity contribution is 0.0407. The molecule has 198 valence electrons. The fraction of sp³-hybridized carbons (Fsp3) is 0.297. The van der Waals surface area contributed by atoms with Crippen LogP contribution in [0.25, 0.3) is 0 Å². The molecule has 4 aromatic carbocycles. The molecular weight excluding hydrogens is 474 g/mol. The summed E-state index contributed by atoms with van der Waals surface area (Å²) in [6.07, 6.45) is 8.00. The van der Waals surface area contributed by atoms with Crippen LogP contribution in [0.5, 0.6) is 0 Å². The van der Waals surface area contributed by atoms with Crippen LogP contribution in [-0.4, -0.2) is 31.2 Å². The summed E-state index contributed by atoms with van der Waals surface area (Å²) in [7, 11) is 0. The van der Waals surface area contributed by atoms with Crippen molar-refractivity contribution in [3.63, 3.8) is 0 Å². The lowest BCUT2D eigenvalue weighted by Gasteiger charge is -2.42. The average Bonchev–Trinajstić information content (AvgIpc) is 3.28. The first kappa shape index (κ1) is 25.6. The Bertz CT molecular complexity index is 1260. The van der Waals surface area contributed by atoms with Crippen molar-refractivity contribution in [2.45, 2.75) is 32.1 Å². The maximum Gasteiger partial charge on any atom is 0.0642 e. The normalized spacial score (nSPS) is 18.1. The van der Waals surface area contributed by atoms with E-state index in [1.54, 1.807) is 0 Å². The van der Waals surface area contributed by atoms with Crippen LogP contribution in [0.1, 0.15) is 28.7 Å². The van der Waals surface area contributed by atoms with E-state index in [9.17, 15) is 0 Å². The molecule has 0 amide bonds. The molecule has 0 aromatic heterocycles. The summed E-state index contributed by atoms with van der Waals surface area (Å²) in [6, 6.07) is 44.6. The zero-order valence-corrected chi connectivity index (χ0v) is 22.8. The second-order valence-corrected chi connectivity index (χ2v) is 11.6. The van der Waals surface area contributed by atoms with Crippen LogP contribution in [0, 0.1) is 10.8 Å². The molecule has 0 unspecified atom stereocenters. The first-order valence-corrected chi connectivity index (χ1v) is 14.4. The Hall–Kier alpha value is -3.62. The number of benzene rings is 4. The van der Waals surface area contributed by atoms with E-state index < -0.39 is 0 Å². The second kappa shape index (κ2) is 11.6. The molecule has 39 heavy (non-hydrogen) atoms. The van der Waals surface area contributed by atoms with Gasteiger partial charge in [-0.2, -0.15) is 0 Å². The van der Waals surface area contributed by atoms with Gasteiger partial charge in [-0.25, -0.2) is 0 Å². The Kier molecular flexibility index (Phi) is 7.65. The van der Waals surface area contributed by atoms with Gasteiger partial charge in [-0.1, -0.05) is 127 Å². The number of nitrogens with zero attached hydrogens (tertiary/aromatic N) is 1. The van der Waals surface area contributed by atoms with Gasteiger partial charge >= 0.3 is 0 Å². The smallest absolute Gasteiger partial charge is 0.0642 e. The third-order valence-electron chi connectivity index (χ3n) is 8.60. The molecule has 1 saturated heterocycles. The number of rotatable bonds is 9. The highest BCUT2D eigenvalue weighted by atomic mass is 16.5. The Balaban J connectivity index is 1.49. The summed E-state index contributed by atoms with van der Waals surface area (Å²) in [6.45, 7) is 3.52. The predicted octanol–water partition coefficient (Wildman–Crippen LogP) is 7.55. The summed E-state index contributed by atoms with van der Waals surface area (Å²) < 4.78 is 5.84. The molecule has 0 saturated carbocycles. The van der Waals surface area contributed by atoms with E-state index in [0.717, 1.165) is 58.4 Å². The minimum atomic E-state index is 0.00358. The van der Waals surface area contributed by atoms with Crippen molar-refractivity contribution in [1.82, 2.24) is 4.90 Å². The topological polar surface area (TPSA) is 12.5 Å². The fourth-order valence-electron chi connectivity index (χ4n) is 7.13. The summed E-state index contributed by atoms with van der Waals surface area (Å²) in [4.78, 5) is 2.66. The lowest BCUT2D eigenvalue weighted by Crippen LogP contribution is -2.42. The SMILES string of the molecule is C1=C(N2CCOCC2)C(Cc2ccccc2)(Cc2ccccc2)CC1(Cc1ccccc1)Cc1ccccc1. The van der Waals surface area contributed by atoms with E-state index in [4.69, 9.17) is 4.74 Å². The van der Waals surface area contributed by atoms with Crippen molar-refractivity contribution in [3.05, 3.63) is 155 Å². The Labute approximate surface area is 234 Å². The molecule has 1 aliphatic heterocycles. The highest BCUT2D eigenvalue weighted by molar-refractivity contribution is 5.37. The third-order valence-corrected chi connectivity index (χ3v) is 8.60. The summed E-state index contributed by atoms with van der Waals surface area (Å²) in [5.41, 5.74) is 7.24. The summed E-state index contributed by atoms with van der Waals surface area (Å²) in [5.74, 6) is 0. The largest absolute Gasteiger partial charge is 0.378 e. The monoisotopic (exact) mass is 513 g/mol. The maximum atomic E-state index is 5.84. The van der Waals surface area contributed by atoms with Crippen LogP contribution in [0.15, 0.2) is 133 Å². The van der Waals surface area contributed by atoms with Gasteiger partial charge in [0.05, 0.1) is 13.2 Å². The van der Waals surface area contributed by atoms with E-state index in [1.165, 1.54) is 28.0 Å². The van der Waals surface area contributed by atoms with E-state index in [1.807, 2.05) is 0 Å². The van der Waals surface area contributed by atoms with Gasteiger partial charge < -0.3 is 9.64 Å². The van der Waals surface area contributed by atoms with E-state index >= 15 is 0 Å². The Morgan fingerprint density at radius 2 is 0.897 bits per heavy atom. The van der Waals surface area contributed by atoms with Gasteiger partial charge in [-0.15, -0.1) is 0 Å². The molecule has 0 radical (unpaired) electrons. The van der Waals surface area contributed by atoms with Crippen molar-refractivity contribution in [2.75, 3.05) is 26.3 Å². The van der Waals surface area contributed by atoms with Gasteiger partial charge in [0.2, 0.25) is 0 Å². The minimum Gasteiger partial charge on any atom is -0.378 e. The summed E-state index contributed by atoms with van der Waals surface area (Å²) in [5, 5.41) is 0. The van der Waals surface area contributed by atoms with E-state index in [2.05, 4.69) is 132 Å². The van der Waals surface area contributed by atoms with Crippen molar-refractivity contribution in [3.8, 4) is 0 Å². The van der Waals surface area contributed by atoms with Crippen LogP contribution in [-0.2, 0) is 30.4 Å². The number of ether oxygens (including phenoxy) is 1. The van der Waals surface area contributed by atoms with Crippen LogP contribution in [0.3, 0.4) is 0 Å². The maximum absolute atomic E-state index is 5.84. The number of allylic oxidation sites excluding steroid dienone is 2. The van der Waals surface area contributed by atoms with Gasteiger partial charge in [-0.3, -0.25) is 0 Å². The third kappa shape index (κ3) is 6.02. The zero-order valence-electron chi connectivity index (χ0n) is 22.8.